The van der Waals surface area contributed by atoms with Crippen molar-refractivity contribution >= 4 is 40.8 Å². The number of nitrogens with one attached hydrogen (secondary N) is 2. The maximum absolute atomic E-state index is 12.8. The predicted molar refractivity (Wildman–Crippen MR) is 115 cm³/mol. The Morgan fingerprint density at radius 2 is 2.04 bits per heavy atom. The fourth-order valence-electron chi connectivity index (χ4n) is 5.50. The smallest absolute Gasteiger partial charge is 0.233 e. The van der Waals surface area contributed by atoms with Crippen LogP contribution in [0.5, 0.6) is 0 Å². The molecule has 28 heavy (non-hydrogen) atoms. The van der Waals surface area contributed by atoms with E-state index in [2.05, 4.69) is 12.2 Å². The van der Waals surface area contributed by atoms with E-state index in [0.29, 0.717) is 23.2 Å². The topological polar surface area (TPSA) is 56.2 Å². The monoisotopic (exact) mass is 413 g/mol. The zero-order valence-corrected chi connectivity index (χ0v) is 17.4. The molecular formula is C22H24ClN3OS. The predicted octanol–water partition coefficient (Wildman–Crippen LogP) is 5.22. The summed E-state index contributed by atoms with van der Waals surface area (Å²) in [4.78, 5) is 14.6. The van der Waals surface area contributed by atoms with Crippen molar-refractivity contribution in [3.8, 4) is 0 Å². The summed E-state index contributed by atoms with van der Waals surface area (Å²) in [5.74, 6) is 2.61. The van der Waals surface area contributed by atoms with Gasteiger partial charge in [-0.25, -0.2) is 0 Å². The van der Waals surface area contributed by atoms with Gasteiger partial charge in [0.2, 0.25) is 5.91 Å². The highest BCUT2D eigenvalue weighted by atomic mass is 35.5. The third-order valence-corrected chi connectivity index (χ3v) is 8.10. The van der Waals surface area contributed by atoms with Gasteiger partial charge in [-0.15, -0.1) is 0 Å². The van der Waals surface area contributed by atoms with E-state index >= 15 is 0 Å². The van der Waals surface area contributed by atoms with Crippen LogP contribution >= 0.6 is 23.4 Å². The van der Waals surface area contributed by atoms with Gasteiger partial charge in [0, 0.05) is 22.0 Å². The molecule has 0 aromatic heterocycles. The van der Waals surface area contributed by atoms with Gasteiger partial charge in [-0.05, 0) is 61.6 Å². The number of carbonyl (C=O) groups is 1. The minimum Gasteiger partial charge on any atom is -0.349 e. The largest absolute Gasteiger partial charge is 0.349 e. The zero-order chi connectivity index (χ0) is 19.4. The Kier molecular flexibility index (Phi) is 4.55. The summed E-state index contributed by atoms with van der Waals surface area (Å²) in [5, 5.41) is 15.8. The summed E-state index contributed by atoms with van der Waals surface area (Å²) in [6, 6.07) is 7.82. The van der Waals surface area contributed by atoms with Gasteiger partial charge in [-0.2, -0.15) is 0 Å². The van der Waals surface area contributed by atoms with Crippen LogP contribution in [0.1, 0.15) is 44.6 Å². The Balaban J connectivity index is 1.34. The van der Waals surface area contributed by atoms with E-state index < -0.39 is 0 Å². The molecule has 0 unspecified atom stereocenters. The maximum Gasteiger partial charge on any atom is 0.233 e. The van der Waals surface area contributed by atoms with Crippen LogP contribution in [0.3, 0.4) is 0 Å². The van der Waals surface area contributed by atoms with Crippen molar-refractivity contribution < 1.29 is 4.79 Å². The Hall–Kier alpha value is -1.72. The molecule has 2 heterocycles. The van der Waals surface area contributed by atoms with E-state index in [4.69, 9.17) is 17.0 Å². The molecule has 3 fully saturated rings. The van der Waals surface area contributed by atoms with Crippen molar-refractivity contribution in [1.29, 1.82) is 5.41 Å². The van der Waals surface area contributed by atoms with Gasteiger partial charge in [0.1, 0.15) is 5.84 Å². The number of amidine groups is 1. The molecule has 4 atom stereocenters. The highest BCUT2D eigenvalue weighted by molar-refractivity contribution is 8.06. The van der Waals surface area contributed by atoms with Crippen molar-refractivity contribution in [3.05, 3.63) is 50.9 Å². The van der Waals surface area contributed by atoms with Crippen molar-refractivity contribution in [1.82, 2.24) is 10.2 Å². The van der Waals surface area contributed by atoms with Crippen molar-refractivity contribution in [2.75, 3.05) is 0 Å². The summed E-state index contributed by atoms with van der Waals surface area (Å²) in [5.41, 5.74) is 2.87. The Bertz CT molecular complexity index is 907. The first kappa shape index (κ1) is 18.3. The van der Waals surface area contributed by atoms with Crippen molar-refractivity contribution in [2.24, 2.45) is 17.8 Å². The fourth-order valence-corrected chi connectivity index (χ4v) is 6.54. The lowest BCUT2D eigenvalue weighted by molar-refractivity contribution is -0.127. The lowest BCUT2D eigenvalue weighted by Gasteiger charge is -2.34. The van der Waals surface area contributed by atoms with Crippen LogP contribution in [-0.2, 0) is 4.79 Å². The summed E-state index contributed by atoms with van der Waals surface area (Å²) < 4.78 is 0. The summed E-state index contributed by atoms with van der Waals surface area (Å²) >= 11 is 7.55. The average molecular weight is 414 g/mol. The van der Waals surface area contributed by atoms with Crippen LogP contribution in [-0.4, -0.2) is 22.7 Å². The van der Waals surface area contributed by atoms with Crippen LogP contribution < -0.4 is 5.32 Å². The first-order valence-corrected chi connectivity index (χ1v) is 11.3. The molecule has 2 bridgehead atoms. The number of halogens is 1. The Morgan fingerprint density at radius 3 is 2.71 bits per heavy atom. The Morgan fingerprint density at radius 1 is 1.25 bits per heavy atom. The van der Waals surface area contributed by atoms with Gasteiger partial charge in [-0.3, -0.25) is 15.1 Å². The molecule has 1 amide bonds. The number of benzene rings is 1. The molecule has 1 aromatic rings. The molecule has 2 N–H and O–H groups in total. The van der Waals surface area contributed by atoms with E-state index in [9.17, 15) is 4.79 Å². The number of rotatable bonds is 3. The molecule has 2 aliphatic carbocycles. The third kappa shape index (κ3) is 3.00. The molecule has 1 aromatic carbocycles. The SMILES string of the molecule is C[C@@H]([C@@H]1C[C@H]2CC[C@@H]1C2)N1C(=N)/C(=C2/NC(c3ccc(Cl)cc3)=CS2)CC1=O. The van der Waals surface area contributed by atoms with Gasteiger partial charge in [-0.1, -0.05) is 41.9 Å². The van der Waals surface area contributed by atoms with E-state index in [1.54, 1.807) is 16.7 Å². The van der Waals surface area contributed by atoms with Gasteiger partial charge in [0.15, 0.2) is 0 Å². The minimum atomic E-state index is 0.0742. The molecule has 146 valence electrons. The summed E-state index contributed by atoms with van der Waals surface area (Å²) in [7, 11) is 0. The van der Waals surface area contributed by atoms with Crippen molar-refractivity contribution in [2.45, 2.75) is 45.1 Å². The Labute approximate surface area is 174 Å². The number of hydrogen-bond acceptors (Lipinski definition) is 4. The van der Waals surface area contributed by atoms with Gasteiger partial charge < -0.3 is 5.32 Å². The molecule has 5 rings (SSSR count). The fraction of sp³-hybridized carbons (Fsp3) is 0.455. The number of thioether (sulfide) groups is 1. The van der Waals surface area contributed by atoms with E-state index in [1.807, 2.05) is 29.7 Å². The number of carbonyl (C=O) groups excluding carboxylic acids is 1. The van der Waals surface area contributed by atoms with Crippen molar-refractivity contribution in [3.63, 3.8) is 0 Å². The standard InChI is InChI=1S/C22H24ClN3OS/c1-12(17-9-13-2-3-15(17)8-13)26-20(27)10-18(21(26)24)22-25-19(11-28-22)14-4-6-16(23)7-5-14/h4-7,11-13,15,17,24-25H,2-3,8-10H2,1H3/b22-18-,24-21?/t12-,13-,15+,17-/m0/s1. The first-order chi connectivity index (χ1) is 13.5. The third-order valence-electron chi connectivity index (χ3n) is 6.92. The minimum absolute atomic E-state index is 0.0742. The second-order valence-corrected chi connectivity index (χ2v) is 9.77. The second-order valence-electron chi connectivity index (χ2n) is 8.46. The van der Waals surface area contributed by atoms with Crippen LogP contribution in [0.15, 0.2) is 40.3 Å². The molecular weight excluding hydrogens is 390 g/mol. The number of fused-ring (bicyclic) bond motifs is 2. The van der Waals surface area contributed by atoms with Crippen LogP contribution in [0, 0.1) is 23.2 Å². The molecule has 6 heteroatoms. The second kappa shape index (κ2) is 6.96. The zero-order valence-electron chi connectivity index (χ0n) is 15.9. The highest BCUT2D eigenvalue weighted by Crippen LogP contribution is 2.51. The van der Waals surface area contributed by atoms with E-state index in [-0.39, 0.29) is 11.9 Å². The quantitative estimate of drug-likeness (QED) is 0.714. The lowest BCUT2D eigenvalue weighted by Crippen LogP contribution is -2.43. The van der Waals surface area contributed by atoms with Gasteiger partial charge >= 0.3 is 0 Å². The molecule has 2 saturated carbocycles. The molecule has 4 nitrogen and oxygen atoms in total. The molecule has 0 radical (unpaired) electrons. The maximum atomic E-state index is 12.8. The summed E-state index contributed by atoms with van der Waals surface area (Å²) in [6.45, 7) is 2.15. The van der Waals surface area contributed by atoms with E-state index in [1.165, 1.54) is 25.7 Å². The van der Waals surface area contributed by atoms with Gasteiger partial charge in [0.05, 0.1) is 17.1 Å². The summed E-state index contributed by atoms with van der Waals surface area (Å²) in [6.07, 6.45) is 5.53. The number of nitrogens with zero attached hydrogens (tertiary/aromatic N) is 1. The first-order valence-electron chi connectivity index (χ1n) is 10.0. The van der Waals surface area contributed by atoms with Crippen LogP contribution in [0.4, 0.5) is 0 Å². The molecule has 0 spiro atoms. The van der Waals surface area contributed by atoms with Gasteiger partial charge in [0.25, 0.3) is 0 Å². The number of likely N-dealkylation sites (tertiary alicyclic amines) is 1. The molecule has 4 aliphatic rings. The van der Waals surface area contributed by atoms with Crippen LogP contribution in [0.2, 0.25) is 5.02 Å². The van der Waals surface area contributed by atoms with E-state index in [0.717, 1.165) is 33.7 Å². The molecule has 1 saturated heterocycles. The number of amides is 1. The molecule has 2 aliphatic heterocycles. The average Bonchev–Trinajstić information content (AvgIpc) is 3.46. The highest BCUT2D eigenvalue weighted by Gasteiger charge is 2.47. The normalized spacial score (nSPS) is 32.9. The lowest BCUT2D eigenvalue weighted by atomic mass is 9.83. The number of hydrogen-bond donors (Lipinski definition) is 2. The van der Waals surface area contributed by atoms with Crippen LogP contribution in [0.25, 0.3) is 5.70 Å².